The molecule has 2 aromatic carbocycles. The van der Waals surface area contributed by atoms with Crippen LogP contribution in [0.3, 0.4) is 0 Å². The van der Waals surface area contributed by atoms with E-state index in [0.29, 0.717) is 16.7 Å². The minimum Gasteiger partial charge on any atom is -0.461 e. The molecule has 2 aromatic rings. The molecular formula is C24H23F3O5. The van der Waals surface area contributed by atoms with E-state index >= 15 is 0 Å². The lowest BCUT2D eigenvalue weighted by molar-refractivity contribution is -0.168. The highest BCUT2D eigenvalue weighted by Crippen LogP contribution is 2.33. The second-order valence-corrected chi connectivity index (χ2v) is 8.04. The van der Waals surface area contributed by atoms with Gasteiger partial charge in [0, 0.05) is 12.0 Å². The maximum Gasteiger partial charge on any atom is 0.416 e. The van der Waals surface area contributed by atoms with Gasteiger partial charge >= 0.3 is 18.1 Å². The van der Waals surface area contributed by atoms with Crippen molar-refractivity contribution >= 4 is 18.0 Å². The highest BCUT2D eigenvalue weighted by atomic mass is 19.4. The summed E-state index contributed by atoms with van der Waals surface area (Å²) >= 11 is 0. The van der Waals surface area contributed by atoms with Gasteiger partial charge in [-0.25, -0.2) is 4.79 Å². The zero-order valence-electron chi connectivity index (χ0n) is 17.6. The number of carbonyl (C=O) groups excluding carboxylic acids is 2. The van der Waals surface area contributed by atoms with E-state index in [9.17, 15) is 27.9 Å². The third-order valence-electron chi connectivity index (χ3n) is 5.12. The average Bonchev–Trinajstić information content (AvgIpc) is 3.07. The van der Waals surface area contributed by atoms with E-state index in [2.05, 4.69) is 0 Å². The molecule has 1 N–H and O–H groups in total. The molecule has 3 rings (SSSR count). The molecule has 0 saturated carbocycles. The zero-order valence-corrected chi connectivity index (χ0v) is 17.6. The Labute approximate surface area is 183 Å². The molecule has 1 unspecified atom stereocenters. The van der Waals surface area contributed by atoms with Crippen molar-refractivity contribution in [3.8, 4) is 11.1 Å². The number of hydrogen-bond donors (Lipinski definition) is 1. The van der Waals surface area contributed by atoms with Crippen LogP contribution in [0.15, 0.2) is 54.1 Å². The number of benzene rings is 2. The van der Waals surface area contributed by atoms with E-state index in [4.69, 9.17) is 9.47 Å². The first-order chi connectivity index (χ1) is 15.0. The monoisotopic (exact) mass is 448 g/mol. The number of aliphatic hydroxyl groups is 1. The normalized spacial score (nSPS) is 20.0. The lowest BCUT2D eigenvalue weighted by Crippen LogP contribution is -2.39. The van der Waals surface area contributed by atoms with Gasteiger partial charge in [0.05, 0.1) is 18.1 Å². The molecule has 1 atom stereocenters. The maximum atomic E-state index is 12.7. The number of halogens is 3. The standard InChI is InChI=1S/C24H23F3O5/c1-15(2)21(29)31-14-23(13-28)12-19(22(30)32-23)11-16-3-5-17(6-4-16)18-7-9-20(10-8-18)24(25,26)27/h3-11,15,28H,12-14H2,1-2H3/b19-11-. The molecule has 0 amide bonds. The molecule has 0 radical (unpaired) electrons. The Bertz CT molecular complexity index is 1010. The fraction of sp³-hybridized carbons (Fsp3) is 0.333. The van der Waals surface area contributed by atoms with Crippen molar-refractivity contribution in [2.75, 3.05) is 13.2 Å². The number of alkyl halides is 3. The molecular weight excluding hydrogens is 425 g/mol. The molecule has 0 bridgehead atoms. The van der Waals surface area contributed by atoms with Gasteiger partial charge < -0.3 is 14.6 Å². The van der Waals surface area contributed by atoms with Crippen molar-refractivity contribution in [3.63, 3.8) is 0 Å². The van der Waals surface area contributed by atoms with Crippen molar-refractivity contribution < 1.29 is 37.3 Å². The molecule has 1 fully saturated rings. The first-order valence-electron chi connectivity index (χ1n) is 10.0. The zero-order chi connectivity index (χ0) is 23.5. The Balaban J connectivity index is 1.73. The first kappa shape index (κ1) is 23.5. The van der Waals surface area contributed by atoms with Crippen molar-refractivity contribution in [3.05, 3.63) is 65.2 Å². The van der Waals surface area contributed by atoms with E-state index < -0.39 is 35.9 Å². The molecule has 1 saturated heterocycles. The average molecular weight is 448 g/mol. The van der Waals surface area contributed by atoms with Crippen LogP contribution >= 0.6 is 0 Å². The minimum atomic E-state index is -4.39. The van der Waals surface area contributed by atoms with Crippen LogP contribution in [-0.2, 0) is 25.2 Å². The van der Waals surface area contributed by atoms with Crippen molar-refractivity contribution in [2.24, 2.45) is 5.92 Å². The van der Waals surface area contributed by atoms with Gasteiger partial charge in [-0.2, -0.15) is 13.2 Å². The number of rotatable bonds is 6. The number of aliphatic hydroxyl groups excluding tert-OH is 1. The van der Waals surface area contributed by atoms with E-state index in [1.807, 2.05) is 0 Å². The van der Waals surface area contributed by atoms with Gasteiger partial charge in [0.15, 0.2) is 5.60 Å². The second kappa shape index (κ2) is 9.16. The summed E-state index contributed by atoms with van der Waals surface area (Å²) in [5, 5.41) is 9.74. The third kappa shape index (κ3) is 5.37. The van der Waals surface area contributed by atoms with Gasteiger partial charge in [0.2, 0.25) is 0 Å². The van der Waals surface area contributed by atoms with Crippen LogP contribution in [0.2, 0.25) is 0 Å². The maximum absolute atomic E-state index is 12.7. The summed E-state index contributed by atoms with van der Waals surface area (Å²) in [5.74, 6) is -1.40. The Kier molecular flexibility index (Phi) is 6.74. The highest BCUT2D eigenvalue weighted by molar-refractivity contribution is 5.96. The molecule has 1 aliphatic heterocycles. The van der Waals surface area contributed by atoms with Crippen LogP contribution in [-0.4, -0.2) is 35.9 Å². The molecule has 170 valence electrons. The first-order valence-corrected chi connectivity index (χ1v) is 10.0. The van der Waals surface area contributed by atoms with E-state index in [1.54, 1.807) is 44.2 Å². The fourth-order valence-electron chi connectivity index (χ4n) is 3.24. The summed E-state index contributed by atoms with van der Waals surface area (Å²) in [6.07, 6.45) is -2.70. The quantitative estimate of drug-likeness (QED) is 0.515. The predicted octanol–water partition coefficient (Wildman–Crippen LogP) is 4.63. The Morgan fingerprint density at radius 3 is 2.19 bits per heavy atom. The van der Waals surface area contributed by atoms with E-state index in [1.165, 1.54) is 12.1 Å². The van der Waals surface area contributed by atoms with Gasteiger partial charge in [-0.1, -0.05) is 50.2 Å². The van der Waals surface area contributed by atoms with Crippen LogP contribution in [0, 0.1) is 5.92 Å². The second-order valence-electron chi connectivity index (χ2n) is 8.04. The SMILES string of the molecule is CC(C)C(=O)OCC1(CO)C/C(=C/c2ccc(-c3ccc(C(F)(F)F)cc3)cc2)C(=O)O1. The van der Waals surface area contributed by atoms with Gasteiger partial charge in [0.1, 0.15) is 6.61 Å². The fourth-order valence-corrected chi connectivity index (χ4v) is 3.24. The summed E-state index contributed by atoms with van der Waals surface area (Å²) in [6.45, 7) is 2.62. The Morgan fingerprint density at radius 1 is 1.12 bits per heavy atom. The number of ether oxygens (including phenoxy) is 2. The Morgan fingerprint density at radius 2 is 1.69 bits per heavy atom. The van der Waals surface area contributed by atoms with Gasteiger partial charge in [-0.15, -0.1) is 0 Å². The molecule has 8 heteroatoms. The largest absolute Gasteiger partial charge is 0.461 e. The smallest absolute Gasteiger partial charge is 0.416 e. The summed E-state index contributed by atoms with van der Waals surface area (Å²) in [6, 6.07) is 11.8. The molecule has 1 aliphatic rings. The summed E-state index contributed by atoms with van der Waals surface area (Å²) in [5.41, 5.74) is 0.327. The molecule has 0 aromatic heterocycles. The minimum absolute atomic E-state index is 0.0777. The number of esters is 2. The van der Waals surface area contributed by atoms with Gasteiger partial charge in [-0.3, -0.25) is 4.79 Å². The van der Waals surface area contributed by atoms with Crippen LogP contribution in [0.1, 0.15) is 31.4 Å². The number of cyclic esters (lactones) is 1. The highest BCUT2D eigenvalue weighted by Gasteiger charge is 2.44. The van der Waals surface area contributed by atoms with Crippen LogP contribution in [0.25, 0.3) is 17.2 Å². The predicted molar refractivity (Wildman–Crippen MR) is 111 cm³/mol. The van der Waals surface area contributed by atoms with Crippen molar-refractivity contribution in [1.82, 2.24) is 0 Å². The molecule has 1 heterocycles. The van der Waals surface area contributed by atoms with Crippen LogP contribution in [0.5, 0.6) is 0 Å². The summed E-state index contributed by atoms with van der Waals surface area (Å²) in [7, 11) is 0. The Hall–Kier alpha value is -3.13. The van der Waals surface area contributed by atoms with Crippen molar-refractivity contribution in [1.29, 1.82) is 0 Å². The van der Waals surface area contributed by atoms with Crippen LogP contribution < -0.4 is 0 Å². The summed E-state index contributed by atoms with van der Waals surface area (Å²) < 4.78 is 48.6. The number of hydrogen-bond acceptors (Lipinski definition) is 5. The summed E-state index contributed by atoms with van der Waals surface area (Å²) in [4.78, 5) is 24.0. The number of carbonyl (C=O) groups is 2. The third-order valence-corrected chi connectivity index (χ3v) is 5.12. The lowest BCUT2D eigenvalue weighted by atomic mass is 9.97. The molecule has 5 nitrogen and oxygen atoms in total. The molecule has 0 aliphatic carbocycles. The van der Waals surface area contributed by atoms with E-state index in [-0.39, 0.29) is 18.9 Å². The topological polar surface area (TPSA) is 72.8 Å². The van der Waals surface area contributed by atoms with E-state index in [0.717, 1.165) is 17.7 Å². The van der Waals surface area contributed by atoms with Crippen LogP contribution in [0.4, 0.5) is 13.2 Å². The van der Waals surface area contributed by atoms with Gasteiger partial charge in [-0.05, 0) is 34.9 Å². The van der Waals surface area contributed by atoms with Gasteiger partial charge in [0.25, 0.3) is 0 Å². The molecule has 0 spiro atoms. The lowest BCUT2D eigenvalue weighted by Gasteiger charge is -2.24. The molecule has 32 heavy (non-hydrogen) atoms. The van der Waals surface area contributed by atoms with Crippen molar-refractivity contribution in [2.45, 2.75) is 32.0 Å².